The highest BCUT2D eigenvalue weighted by Gasteiger charge is 2.17. The number of ether oxygens (including phenoxy) is 1. The van der Waals surface area contributed by atoms with Crippen LogP contribution >= 0.6 is 0 Å². The summed E-state index contributed by atoms with van der Waals surface area (Å²) in [7, 11) is 0. The molecular formula is C14H21NO4. The summed E-state index contributed by atoms with van der Waals surface area (Å²) < 4.78 is 5.16. The minimum absolute atomic E-state index is 0.0883. The van der Waals surface area contributed by atoms with Crippen molar-refractivity contribution in [2.45, 2.75) is 45.8 Å². The van der Waals surface area contributed by atoms with Crippen molar-refractivity contribution in [2.24, 2.45) is 0 Å². The molecule has 0 unspecified atom stereocenters. The van der Waals surface area contributed by atoms with E-state index in [1.807, 2.05) is 0 Å². The van der Waals surface area contributed by atoms with Crippen molar-refractivity contribution in [3.05, 3.63) is 23.8 Å². The van der Waals surface area contributed by atoms with Crippen molar-refractivity contribution in [3.8, 4) is 5.75 Å². The minimum Gasteiger partial charge on any atom is -0.508 e. The maximum atomic E-state index is 11.7. The maximum Gasteiger partial charge on any atom is 0.412 e. The standard InChI is InChI=1S/C14H21NO4/c1-9(16)7-10-8-11(17)5-6-12(10)15-13(18)19-14(2,3)4/h5-6,8-9,16-17H,7H2,1-4H3,(H,15,18)/t9-/m1/s1. The van der Waals surface area contributed by atoms with Crippen LogP contribution in [0.15, 0.2) is 18.2 Å². The summed E-state index contributed by atoms with van der Waals surface area (Å²) in [4.78, 5) is 11.7. The van der Waals surface area contributed by atoms with Crippen LogP contribution in [0.5, 0.6) is 5.75 Å². The molecule has 1 amide bonds. The van der Waals surface area contributed by atoms with E-state index in [-0.39, 0.29) is 5.75 Å². The third kappa shape index (κ3) is 5.61. The lowest BCUT2D eigenvalue weighted by atomic mass is 10.1. The number of aliphatic hydroxyl groups excluding tert-OH is 1. The van der Waals surface area contributed by atoms with Crippen molar-refractivity contribution < 1.29 is 19.7 Å². The third-order valence-electron chi connectivity index (χ3n) is 2.24. The number of carbonyl (C=O) groups excluding carboxylic acids is 1. The summed E-state index contributed by atoms with van der Waals surface area (Å²) in [5, 5.41) is 21.5. The molecule has 0 aliphatic carbocycles. The smallest absolute Gasteiger partial charge is 0.412 e. The van der Waals surface area contributed by atoms with E-state index >= 15 is 0 Å². The third-order valence-corrected chi connectivity index (χ3v) is 2.24. The molecule has 19 heavy (non-hydrogen) atoms. The Balaban J connectivity index is 2.85. The fraction of sp³-hybridized carbons (Fsp3) is 0.500. The number of anilines is 1. The van der Waals surface area contributed by atoms with Crippen molar-refractivity contribution in [1.82, 2.24) is 0 Å². The Morgan fingerprint density at radius 1 is 1.42 bits per heavy atom. The second-order valence-electron chi connectivity index (χ2n) is 5.52. The van der Waals surface area contributed by atoms with Crippen LogP contribution in [0.2, 0.25) is 0 Å². The maximum absolute atomic E-state index is 11.7. The first kappa shape index (κ1) is 15.3. The summed E-state index contributed by atoms with van der Waals surface area (Å²) in [5.74, 6) is 0.0883. The quantitative estimate of drug-likeness (QED) is 0.736. The van der Waals surface area contributed by atoms with Gasteiger partial charge in [0.15, 0.2) is 0 Å². The molecule has 0 aliphatic rings. The highest BCUT2D eigenvalue weighted by molar-refractivity contribution is 5.86. The van der Waals surface area contributed by atoms with Gasteiger partial charge in [0, 0.05) is 12.1 Å². The molecular weight excluding hydrogens is 246 g/mol. The highest BCUT2D eigenvalue weighted by Crippen LogP contribution is 2.23. The molecule has 3 N–H and O–H groups in total. The van der Waals surface area contributed by atoms with Gasteiger partial charge in [-0.05, 0) is 51.5 Å². The highest BCUT2D eigenvalue weighted by atomic mass is 16.6. The average Bonchev–Trinajstić information content (AvgIpc) is 2.18. The summed E-state index contributed by atoms with van der Waals surface area (Å²) in [6.45, 7) is 6.97. The Hall–Kier alpha value is -1.75. The van der Waals surface area contributed by atoms with E-state index in [9.17, 15) is 15.0 Å². The van der Waals surface area contributed by atoms with Crippen LogP contribution < -0.4 is 5.32 Å². The van der Waals surface area contributed by atoms with Crippen LogP contribution in [0.3, 0.4) is 0 Å². The van der Waals surface area contributed by atoms with Crippen molar-refractivity contribution in [3.63, 3.8) is 0 Å². The fourth-order valence-electron chi connectivity index (χ4n) is 1.60. The van der Waals surface area contributed by atoms with E-state index in [0.717, 1.165) is 0 Å². The van der Waals surface area contributed by atoms with E-state index in [0.29, 0.717) is 17.7 Å². The van der Waals surface area contributed by atoms with Gasteiger partial charge in [0.2, 0.25) is 0 Å². The molecule has 1 atom stereocenters. The number of phenols is 1. The molecule has 0 spiro atoms. The number of nitrogens with one attached hydrogen (secondary N) is 1. The van der Waals surface area contributed by atoms with Gasteiger partial charge in [0.25, 0.3) is 0 Å². The molecule has 0 saturated carbocycles. The van der Waals surface area contributed by atoms with Crippen LogP contribution in [-0.2, 0) is 11.2 Å². The molecule has 5 nitrogen and oxygen atoms in total. The second kappa shape index (κ2) is 5.93. The molecule has 1 rings (SSSR count). The molecule has 1 aromatic carbocycles. The summed E-state index contributed by atoms with van der Waals surface area (Å²) in [6.07, 6.45) is -0.800. The van der Waals surface area contributed by atoms with Crippen LogP contribution in [0.4, 0.5) is 10.5 Å². The van der Waals surface area contributed by atoms with Crippen molar-refractivity contribution in [2.75, 3.05) is 5.32 Å². The van der Waals surface area contributed by atoms with E-state index < -0.39 is 17.8 Å². The molecule has 0 bridgehead atoms. The molecule has 0 fully saturated rings. The topological polar surface area (TPSA) is 78.8 Å². The Labute approximate surface area is 113 Å². The van der Waals surface area contributed by atoms with E-state index in [1.54, 1.807) is 33.8 Å². The summed E-state index contributed by atoms with van der Waals surface area (Å²) in [5.41, 5.74) is 0.597. The molecule has 0 heterocycles. The molecule has 0 radical (unpaired) electrons. The number of hydrogen-bond donors (Lipinski definition) is 3. The van der Waals surface area contributed by atoms with Crippen LogP contribution in [0, 0.1) is 0 Å². The van der Waals surface area contributed by atoms with Gasteiger partial charge in [-0.1, -0.05) is 0 Å². The Morgan fingerprint density at radius 2 is 2.05 bits per heavy atom. The van der Waals surface area contributed by atoms with Gasteiger partial charge in [-0.15, -0.1) is 0 Å². The number of rotatable bonds is 3. The van der Waals surface area contributed by atoms with Crippen LogP contribution in [-0.4, -0.2) is 28.0 Å². The van der Waals surface area contributed by atoms with E-state index in [4.69, 9.17) is 4.74 Å². The minimum atomic E-state index is -0.578. The molecule has 1 aromatic rings. The molecule has 0 aliphatic heterocycles. The van der Waals surface area contributed by atoms with E-state index in [2.05, 4.69) is 5.32 Å². The largest absolute Gasteiger partial charge is 0.508 e. The number of amides is 1. The summed E-state index contributed by atoms with van der Waals surface area (Å²) >= 11 is 0. The molecule has 106 valence electrons. The number of aliphatic hydroxyl groups is 1. The lowest BCUT2D eigenvalue weighted by Crippen LogP contribution is -2.27. The van der Waals surface area contributed by atoms with Crippen LogP contribution in [0.25, 0.3) is 0 Å². The zero-order valence-corrected chi connectivity index (χ0v) is 11.7. The number of phenolic OH excluding ortho intramolecular Hbond substituents is 1. The molecule has 0 aromatic heterocycles. The van der Waals surface area contributed by atoms with E-state index in [1.165, 1.54) is 12.1 Å². The predicted octanol–water partition coefficient (Wildman–Crippen LogP) is 2.66. The Bertz CT molecular complexity index is 449. The van der Waals surface area contributed by atoms with Gasteiger partial charge in [-0.2, -0.15) is 0 Å². The Morgan fingerprint density at radius 3 is 2.58 bits per heavy atom. The first-order valence-corrected chi connectivity index (χ1v) is 6.17. The normalized spacial score (nSPS) is 12.9. The van der Waals surface area contributed by atoms with Gasteiger partial charge in [0.05, 0.1) is 6.10 Å². The van der Waals surface area contributed by atoms with Crippen molar-refractivity contribution in [1.29, 1.82) is 0 Å². The monoisotopic (exact) mass is 267 g/mol. The Kier molecular flexibility index (Phi) is 4.78. The average molecular weight is 267 g/mol. The number of hydrogen-bond acceptors (Lipinski definition) is 4. The van der Waals surface area contributed by atoms with Gasteiger partial charge >= 0.3 is 6.09 Å². The first-order chi connectivity index (χ1) is 8.67. The summed E-state index contributed by atoms with van der Waals surface area (Å²) in [6, 6.07) is 4.56. The number of aromatic hydroxyl groups is 1. The predicted molar refractivity (Wildman–Crippen MR) is 73.3 cm³/mol. The zero-order chi connectivity index (χ0) is 14.6. The second-order valence-corrected chi connectivity index (χ2v) is 5.52. The van der Waals surface area contributed by atoms with Gasteiger partial charge < -0.3 is 14.9 Å². The van der Waals surface area contributed by atoms with Crippen LogP contribution in [0.1, 0.15) is 33.3 Å². The first-order valence-electron chi connectivity index (χ1n) is 6.17. The SMILES string of the molecule is C[C@@H](O)Cc1cc(O)ccc1NC(=O)OC(C)(C)C. The zero-order valence-electron chi connectivity index (χ0n) is 11.7. The van der Waals surface area contributed by atoms with Crippen molar-refractivity contribution >= 4 is 11.8 Å². The van der Waals surface area contributed by atoms with Gasteiger partial charge in [-0.25, -0.2) is 4.79 Å². The van der Waals surface area contributed by atoms with Gasteiger partial charge in [0.1, 0.15) is 11.4 Å². The lowest BCUT2D eigenvalue weighted by molar-refractivity contribution is 0.0635. The molecule has 5 heteroatoms. The fourth-order valence-corrected chi connectivity index (χ4v) is 1.60. The lowest BCUT2D eigenvalue weighted by Gasteiger charge is -2.20. The van der Waals surface area contributed by atoms with Gasteiger partial charge in [-0.3, -0.25) is 5.32 Å². The molecule has 0 saturated heterocycles. The number of benzene rings is 1. The number of carbonyl (C=O) groups is 1.